The van der Waals surface area contributed by atoms with Crippen molar-refractivity contribution in [1.29, 1.82) is 0 Å². The minimum atomic E-state index is -0.978. The fourth-order valence-corrected chi connectivity index (χ4v) is 2.94. The third-order valence-corrected chi connectivity index (χ3v) is 4.28. The van der Waals surface area contributed by atoms with Gasteiger partial charge in [0, 0.05) is 6.54 Å². The number of carbonyl (C=O) groups is 1. The van der Waals surface area contributed by atoms with Gasteiger partial charge in [0.05, 0.1) is 18.8 Å². The topological polar surface area (TPSA) is 88.2 Å². The van der Waals surface area contributed by atoms with E-state index in [1.54, 1.807) is 13.8 Å². The fourth-order valence-electron chi connectivity index (χ4n) is 2.94. The van der Waals surface area contributed by atoms with Crippen LogP contribution in [0.5, 0.6) is 0 Å². The molecule has 1 heterocycles. The summed E-state index contributed by atoms with van der Waals surface area (Å²) < 4.78 is 5.76. The standard InChI is InChI=1S/C13H23N3O3/c1-13(2,11(14)15-18)12(17)16-7-8-19-10-6-4-3-5-9(10)16/h9-10,18H,3-8H2,1-2H3,(H2,14,15). The molecule has 1 aliphatic heterocycles. The summed E-state index contributed by atoms with van der Waals surface area (Å²) in [4.78, 5) is 14.5. The van der Waals surface area contributed by atoms with Crippen LogP contribution in [0.3, 0.4) is 0 Å². The second kappa shape index (κ2) is 5.36. The number of morpholine rings is 1. The lowest BCUT2D eigenvalue weighted by atomic mass is 9.85. The van der Waals surface area contributed by atoms with Crippen LogP contribution in [0.25, 0.3) is 0 Å². The maximum absolute atomic E-state index is 12.7. The summed E-state index contributed by atoms with van der Waals surface area (Å²) in [5, 5.41) is 11.8. The molecule has 19 heavy (non-hydrogen) atoms. The Kier molecular flexibility index (Phi) is 3.99. The molecule has 2 atom stereocenters. The average Bonchev–Trinajstić information content (AvgIpc) is 2.44. The lowest BCUT2D eigenvalue weighted by Crippen LogP contribution is -2.59. The molecule has 0 radical (unpaired) electrons. The van der Waals surface area contributed by atoms with Gasteiger partial charge in [0.15, 0.2) is 5.84 Å². The maximum Gasteiger partial charge on any atom is 0.236 e. The number of fused-ring (bicyclic) bond motifs is 1. The van der Waals surface area contributed by atoms with Crippen molar-refractivity contribution in [2.75, 3.05) is 13.2 Å². The number of nitrogens with zero attached hydrogens (tertiary/aromatic N) is 2. The van der Waals surface area contributed by atoms with Gasteiger partial charge in [0.2, 0.25) is 5.91 Å². The molecule has 2 aliphatic rings. The molecule has 0 aromatic heterocycles. The normalized spacial score (nSPS) is 28.9. The summed E-state index contributed by atoms with van der Waals surface area (Å²) in [6, 6.07) is 0.140. The number of nitrogens with two attached hydrogens (primary N) is 1. The highest BCUT2D eigenvalue weighted by atomic mass is 16.5. The van der Waals surface area contributed by atoms with Crippen LogP contribution in [0.4, 0.5) is 0 Å². The quantitative estimate of drug-likeness (QED) is 0.338. The second-order valence-electron chi connectivity index (χ2n) is 5.87. The van der Waals surface area contributed by atoms with Crippen molar-refractivity contribution in [3.63, 3.8) is 0 Å². The molecule has 1 aliphatic carbocycles. The first-order valence-electron chi connectivity index (χ1n) is 6.89. The zero-order valence-corrected chi connectivity index (χ0v) is 11.6. The molecule has 1 saturated heterocycles. The smallest absolute Gasteiger partial charge is 0.236 e. The molecular weight excluding hydrogens is 246 g/mol. The molecule has 6 nitrogen and oxygen atoms in total. The third-order valence-electron chi connectivity index (χ3n) is 4.28. The lowest BCUT2D eigenvalue weighted by molar-refractivity contribution is -0.155. The Morgan fingerprint density at radius 1 is 1.42 bits per heavy atom. The Morgan fingerprint density at radius 2 is 2.11 bits per heavy atom. The van der Waals surface area contributed by atoms with Crippen LogP contribution >= 0.6 is 0 Å². The van der Waals surface area contributed by atoms with E-state index in [0.717, 1.165) is 25.7 Å². The molecule has 1 saturated carbocycles. The monoisotopic (exact) mass is 269 g/mol. The third kappa shape index (κ3) is 2.54. The summed E-state index contributed by atoms with van der Waals surface area (Å²) in [6.07, 6.45) is 4.42. The number of carbonyl (C=O) groups excluding carboxylic acids is 1. The van der Waals surface area contributed by atoms with E-state index >= 15 is 0 Å². The van der Waals surface area contributed by atoms with Gasteiger partial charge in [-0.3, -0.25) is 4.79 Å². The van der Waals surface area contributed by atoms with E-state index in [4.69, 9.17) is 15.7 Å². The van der Waals surface area contributed by atoms with Crippen molar-refractivity contribution >= 4 is 11.7 Å². The number of rotatable bonds is 2. The largest absolute Gasteiger partial charge is 0.409 e. The molecule has 0 aromatic carbocycles. The van der Waals surface area contributed by atoms with Crippen LogP contribution in [0.1, 0.15) is 39.5 Å². The van der Waals surface area contributed by atoms with E-state index in [1.165, 1.54) is 0 Å². The molecule has 0 bridgehead atoms. The van der Waals surface area contributed by atoms with Gasteiger partial charge in [-0.05, 0) is 26.7 Å². The number of hydrogen-bond donors (Lipinski definition) is 2. The van der Waals surface area contributed by atoms with Crippen molar-refractivity contribution in [3.05, 3.63) is 0 Å². The van der Waals surface area contributed by atoms with Crippen molar-refractivity contribution in [1.82, 2.24) is 4.90 Å². The zero-order valence-electron chi connectivity index (χ0n) is 11.6. The van der Waals surface area contributed by atoms with E-state index in [1.807, 2.05) is 4.90 Å². The number of amides is 1. The average molecular weight is 269 g/mol. The molecule has 1 amide bonds. The first kappa shape index (κ1) is 14.1. The van der Waals surface area contributed by atoms with E-state index in [9.17, 15) is 4.79 Å². The molecule has 0 spiro atoms. The molecule has 3 N–H and O–H groups in total. The Balaban J connectivity index is 2.17. The summed E-state index contributed by atoms with van der Waals surface area (Å²) in [5.41, 5.74) is 4.67. The van der Waals surface area contributed by atoms with Gasteiger partial charge in [-0.2, -0.15) is 0 Å². The minimum absolute atomic E-state index is 0.0450. The molecule has 2 unspecified atom stereocenters. The number of hydrogen-bond acceptors (Lipinski definition) is 4. The van der Waals surface area contributed by atoms with Crippen LogP contribution in [0.2, 0.25) is 0 Å². The number of oxime groups is 1. The van der Waals surface area contributed by atoms with Crippen molar-refractivity contribution in [2.24, 2.45) is 16.3 Å². The Bertz CT molecular complexity index is 379. The van der Waals surface area contributed by atoms with E-state index in [0.29, 0.717) is 13.2 Å². The van der Waals surface area contributed by atoms with Gasteiger partial charge in [-0.15, -0.1) is 0 Å². The van der Waals surface area contributed by atoms with Gasteiger partial charge < -0.3 is 20.6 Å². The molecule has 2 rings (SSSR count). The zero-order chi connectivity index (χ0) is 14.0. The van der Waals surface area contributed by atoms with Crippen LogP contribution in [-0.4, -0.2) is 47.1 Å². The summed E-state index contributed by atoms with van der Waals surface area (Å²) in [7, 11) is 0. The van der Waals surface area contributed by atoms with Crippen LogP contribution in [-0.2, 0) is 9.53 Å². The highest BCUT2D eigenvalue weighted by Crippen LogP contribution is 2.31. The van der Waals surface area contributed by atoms with Crippen LogP contribution in [0, 0.1) is 5.41 Å². The molecular formula is C13H23N3O3. The molecule has 6 heteroatoms. The van der Waals surface area contributed by atoms with Gasteiger partial charge in [0.25, 0.3) is 0 Å². The highest BCUT2D eigenvalue weighted by molar-refractivity contribution is 6.06. The molecule has 108 valence electrons. The first-order valence-corrected chi connectivity index (χ1v) is 6.89. The van der Waals surface area contributed by atoms with Crippen molar-refractivity contribution < 1.29 is 14.7 Å². The predicted molar refractivity (Wildman–Crippen MR) is 70.9 cm³/mol. The summed E-state index contributed by atoms with van der Waals surface area (Å²) >= 11 is 0. The van der Waals surface area contributed by atoms with Gasteiger partial charge in [-0.1, -0.05) is 18.0 Å². The van der Waals surface area contributed by atoms with Crippen molar-refractivity contribution in [2.45, 2.75) is 51.7 Å². The van der Waals surface area contributed by atoms with Gasteiger partial charge in [0.1, 0.15) is 5.41 Å². The fraction of sp³-hybridized carbons (Fsp3) is 0.846. The van der Waals surface area contributed by atoms with Crippen molar-refractivity contribution in [3.8, 4) is 0 Å². The predicted octanol–water partition coefficient (Wildman–Crippen LogP) is 0.929. The van der Waals surface area contributed by atoms with Crippen LogP contribution < -0.4 is 5.73 Å². The summed E-state index contributed by atoms with van der Waals surface area (Å²) in [5.74, 6) is -0.126. The first-order chi connectivity index (χ1) is 8.98. The lowest BCUT2D eigenvalue weighted by Gasteiger charge is -2.46. The number of amidine groups is 1. The molecule has 0 aromatic rings. The second-order valence-corrected chi connectivity index (χ2v) is 5.87. The van der Waals surface area contributed by atoms with Gasteiger partial charge >= 0.3 is 0 Å². The SMILES string of the molecule is CC(C)(C(=O)N1CCOC2CCCCC21)C(N)=NO. The Morgan fingerprint density at radius 3 is 2.79 bits per heavy atom. The van der Waals surface area contributed by atoms with E-state index in [-0.39, 0.29) is 23.9 Å². The van der Waals surface area contributed by atoms with Crippen LogP contribution in [0.15, 0.2) is 5.16 Å². The van der Waals surface area contributed by atoms with Gasteiger partial charge in [-0.25, -0.2) is 0 Å². The summed E-state index contributed by atoms with van der Waals surface area (Å²) in [6.45, 7) is 4.54. The Hall–Kier alpha value is -1.30. The van der Waals surface area contributed by atoms with E-state index in [2.05, 4.69) is 5.16 Å². The maximum atomic E-state index is 12.7. The van der Waals surface area contributed by atoms with E-state index < -0.39 is 5.41 Å². The number of ether oxygens (including phenoxy) is 1. The Labute approximate surface area is 113 Å². The minimum Gasteiger partial charge on any atom is -0.409 e. The highest BCUT2D eigenvalue weighted by Gasteiger charge is 2.43. The molecule has 2 fully saturated rings.